The fraction of sp³-hybridized carbons (Fsp3) is 0.100. The number of H-pyrrole nitrogens is 1. The van der Waals surface area contributed by atoms with E-state index < -0.39 is 15.8 Å². The molecule has 2 rings (SSSR count). The van der Waals surface area contributed by atoms with Crippen molar-refractivity contribution in [3.05, 3.63) is 35.8 Å². The van der Waals surface area contributed by atoms with Gasteiger partial charge in [0.25, 0.3) is 10.0 Å². The number of nitrogens with two attached hydrogens (primary N) is 1. The SMILES string of the molecule is Cc1ccc(NS(=O)(=O)c2cn[nH]c2N)cc1F. The largest absolute Gasteiger partial charge is 0.383 e. The van der Waals surface area contributed by atoms with Gasteiger partial charge in [0.15, 0.2) is 0 Å². The molecular weight excluding hydrogens is 259 g/mol. The summed E-state index contributed by atoms with van der Waals surface area (Å²) in [5.74, 6) is -0.564. The molecule has 0 aliphatic carbocycles. The minimum absolute atomic E-state index is 0.0740. The Kier molecular flexibility index (Phi) is 2.95. The maximum absolute atomic E-state index is 13.3. The number of hydrogen-bond acceptors (Lipinski definition) is 4. The van der Waals surface area contributed by atoms with Crippen molar-refractivity contribution >= 4 is 21.5 Å². The summed E-state index contributed by atoms with van der Waals surface area (Å²) in [6.07, 6.45) is 1.09. The zero-order valence-corrected chi connectivity index (χ0v) is 10.3. The second-order valence-electron chi connectivity index (χ2n) is 3.72. The fourth-order valence-corrected chi connectivity index (χ4v) is 2.44. The van der Waals surface area contributed by atoms with Gasteiger partial charge in [0.2, 0.25) is 0 Å². The summed E-state index contributed by atoms with van der Waals surface area (Å²) in [4.78, 5) is -0.177. The number of nitrogens with zero attached hydrogens (tertiary/aromatic N) is 1. The summed E-state index contributed by atoms with van der Waals surface area (Å²) in [6.45, 7) is 1.58. The van der Waals surface area contributed by atoms with Crippen LogP contribution in [0.15, 0.2) is 29.3 Å². The first-order chi connectivity index (χ1) is 8.40. The molecule has 0 saturated heterocycles. The van der Waals surface area contributed by atoms with Crippen molar-refractivity contribution in [1.29, 1.82) is 0 Å². The molecule has 0 bridgehead atoms. The van der Waals surface area contributed by atoms with Crippen LogP contribution in [0.1, 0.15) is 5.56 Å². The number of aromatic nitrogens is 2. The molecule has 0 unspecified atom stereocenters. The lowest BCUT2D eigenvalue weighted by molar-refractivity contribution is 0.601. The van der Waals surface area contributed by atoms with E-state index in [1.807, 2.05) is 0 Å². The van der Waals surface area contributed by atoms with Gasteiger partial charge in [0, 0.05) is 0 Å². The molecule has 0 fully saturated rings. The van der Waals surface area contributed by atoms with Gasteiger partial charge in [-0.2, -0.15) is 5.10 Å². The highest BCUT2D eigenvalue weighted by Crippen LogP contribution is 2.20. The maximum atomic E-state index is 13.3. The van der Waals surface area contributed by atoms with Gasteiger partial charge >= 0.3 is 0 Å². The number of nitrogen functional groups attached to an aromatic ring is 1. The minimum atomic E-state index is -3.87. The Bertz CT molecular complexity index is 681. The van der Waals surface area contributed by atoms with Crippen LogP contribution >= 0.6 is 0 Å². The molecule has 6 nitrogen and oxygen atoms in total. The third kappa shape index (κ3) is 2.28. The quantitative estimate of drug-likeness (QED) is 0.781. The number of anilines is 2. The lowest BCUT2D eigenvalue weighted by atomic mass is 10.2. The van der Waals surface area contributed by atoms with Crippen LogP contribution in [-0.2, 0) is 10.0 Å². The van der Waals surface area contributed by atoms with Crippen LogP contribution in [0.5, 0.6) is 0 Å². The van der Waals surface area contributed by atoms with Crippen LogP contribution in [0, 0.1) is 12.7 Å². The standard InChI is InChI=1S/C10H11FN4O2S/c1-6-2-3-7(4-8(6)11)15-18(16,17)9-5-13-14-10(9)12/h2-5,15H,1H3,(H3,12,13,14). The second kappa shape index (κ2) is 4.30. The van der Waals surface area contributed by atoms with Gasteiger partial charge in [-0.25, -0.2) is 12.8 Å². The van der Waals surface area contributed by atoms with Crippen LogP contribution in [0.2, 0.25) is 0 Å². The van der Waals surface area contributed by atoms with Crippen LogP contribution in [0.4, 0.5) is 15.9 Å². The number of hydrogen-bond donors (Lipinski definition) is 3. The van der Waals surface area contributed by atoms with E-state index in [4.69, 9.17) is 5.73 Å². The molecule has 96 valence electrons. The molecule has 0 amide bonds. The molecule has 1 heterocycles. The number of aromatic amines is 1. The number of halogens is 1. The Morgan fingerprint density at radius 1 is 1.44 bits per heavy atom. The average Bonchev–Trinajstić information content (AvgIpc) is 2.70. The molecule has 1 aromatic carbocycles. The number of rotatable bonds is 3. The van der Waals surface area contributed by atoms with Gasteiger partial charge < -0.3 is 5.73 Å². The summed E-state index contributed by atoms with van der Waals surface area (Å²) in [5, 5.41) is 5.83. The summed E-state index contributed by atoms with van der Waals surface area (Å²) in [5.41, 5.74) is 5.98. The highest BCUT2D eigenvalue weighted by molar-refractivity contribution is 7.92. The molecule has 1 aromatic heterocycles. The predicted octanol–water partition coefficient (Wildman–Crippen LogP) is 1.24. The van der Waals surface area contributed by atoms with E-state index in [2.05, 4.69) is 14.9 Å². The predicted molar refractivity (Wildman–Crippen MR) is 64.9 cm³/mol. The van der Waals surface area contributed by atoms with Crippen LogP contribution < -0.4 is 10.5 Å². The van der Waals surface area contributed by atoms with Crippen LogP contribution in [0.3, 0.4) is 0 Å². The first kappa shape index (κ1) is 12.4. The molecule has 0 aliphatic rings. The molecule has 0 atom stereocenters. The molecule has 18 heavy (non-hydrogen) atoms. The van der Waals surface area contributed by atoms with Gasteiger partial charge in [-0.05, 0) is 24.6 Å². The highest BCUT2D eigenvalue weighted by atomic mass is 32.2. The number of aryl methyl sites for hydroxylation is 1. The Morgan fingerprint density at radius 2 is 2.17 bits per heavy atom. The van der Waals surface area contributed by atoms with Crippen molar-refractivity contribution in [2.24, 2.45) is 0 Å². The lowest BCUT2D eigenvalue weighted by Gasteiger charge is -2.07. The number of benzene rings is 1. The third-order valence-corrected chi connectivity index (χ3v) is 3.75. The van der Waals surface area contributed by atoms with Crippen molar-refractivity contribution in [1.82, 2.24) is 10.2 Å². The normalized spacial score (nSPS) is 11.4. The molecule has 0 saturated carbocycles. The van der Waals surface area contributed by atoms with E-state index in [1.54, 1.807) is 6.92 Å². The number of nitrogens with one attached hydrogen (secondary N) is 2. The van der Waals surface area contributed by atoms with E-state index >= 15 is 0 Å². The van der Waals surface area contributed by atoms with E-state index in [-0.39, 0.29) is 16.4 Å². The van der Waals surface area contributed by atoms with Crippen LogP contribution in [0.25, 0.3) is 0 Å². The molecule has 0 radical (unpaired) electrons. The van der Waals surface area contributed by atoms with E-state index in [0.29, 0.717) is 5.56 Å². The van der Waals surface area contributed by atoms with Crippen molar-refractivity contribution in [2.75, 3.05) is 10.5 Å². The monoisotopic (exact) mass is 270 g/mol. The molecule has 0 aliphatic heterocycles. The van der Waals surface area contributed by atoms with E-state index in [9.17, 15) is 12.8 Å². The van der Waals surface area contributed by atoms with Gasteiger partial charge in [-0.3, -0.25) is 9.82 Å². The molecule has 8 heteroatoms. The summed E-state index contributed by atoms with van der Waals surface area (Å²) in [7, 11) is -3.87. The molecule has 2 aromatic rings. The fourth-order valence-electron chi connectivity index (χ4n) is 1.37. The Hall–Kier alpha value is -2.09. The maximum Gasteiger partial charge on any atom is 0.267 e. The highest BCUT2D eigenvalue weighted by Gasteiger charge is 2.19. The van der Waals surface area contributed by atoms with E-state index in [0.717, 1.165) is 12.3 Å². The van der Waals surface area contributed by atoms with Gasteiger partial charge in [0.1, 0.15) is 16.5 Å². The average molecular weight is 270 g/mol. The zero-order valence-electron chi connectivity index (χ0n) is 9.44. The Balaban J connectivity index is 2.34. The first-order valence-corrected chi connectivity index (χ1v) is 6.46. The molecular formula is C10H11FN4O2S. The van der Waals surface area contributed by atoms with Crippen molar-refractivity contribution < 1.29 is 12.8 Å². The lowest BCUT2D eigenvalue weighted by Crippen LogP contribution is -2.14. The van der Waals surface area contributed by atoms with Gasteiger partial charge in [0.05, 0.1) is 11.9 Å². The molecule has 0 spiro atoms. The van der Waals surface area contributed by atoms with E-state index in [1.165, 1.54) is 12.1 Å². The first-order valence-electron chi connectivity index (χ1n) is 4.98. The second-order valence-corrected chi connectivity index (χ2v) is 5.37. The summed E-state index contributed by atoms with van der Waals surface area (Å²) >= 11 is 0. The van der Waals surface area contributed by atoms with Crippen LogP contribution in [-0.4, -0.2) is 18.6 Å². The molecule has 4 N–H and O–H groups in total. The topological polar surface area (TPSA) is 101 Å². The summed E-state index contributed by atoms with van der Waals surface area (Å²) in [6, 6.07) is 4.04. The number of sulfonamides is 1. The smallest absolute Gasteiger partial charge is 0.267 e. The van der Waals surface area contributed by atoms with Gasteiger partial charge in [-0.1, -0.05) is 6.07 Å². The van der Waals surface area contributed by atoms with Crippen molar-refractivity contribution in [2.45, 2.75) is 11.8 Å². The minimum Gasteiger partial charge on any atom is -0.383 e. The third-order valence-electron chi connectivity index (χ3n) is 2.35. The summed E-state index contributed by atoms with van der Waals surface area (Å²) < 4.78 is 39.3. The Labute approximate surface area is 103 Å². The van der Waals surface area contributed by atoms with Gasteiger partial charge in [-0.15, -0.1) is 0 Å². The Morgan fingerprint density at radius 3 is 2.72 bits per heavy atom. The van der Waals surface area contributed by atoms with Crippen molar-refractivity contribution in [3.8, 4) is 0 Å². The van der Waals surface area contributed by atoms with Crippen molar-refractivity contribution in [3.63, 3.8) is 0 Å². The zero-order chi connectivity index (χ0) is 13.3.